The first kappa shape index (κ1) is 17.6. The molecule has 18 heavy (non-hydrogen) atoms. The van der Waals surface area contributed by atoms with Crippen molar-refractivity contribution < 1.29 is 39.5 Å². The van der Waals surface area contributed by atoms with Crippen LogP contribution in [-0.4, -0.2) is 32.4 Å². The van der Waals surface area contributed by atoms with Gasteiger partial charge in [0.05, 0.1) is 0 Å². The van der Waals surface area contributed by atoms with Crippen molar-refractivity contribution in [1.82, 2.24) is 0 Å². The first-order valence-corrected chi connectivity index (χ1v) is 7.16. The molecule has 0 amide bonds. The van der Waals surface area contributed by atoms with Crippen LogP contribution in [0.4, 0.5) is 39.5 Å². The topological polar surface area (TPSA) is 0 Å². The molecule has 0 aromatic carbocycles. The highest BCUT2D eigenvalue weighted by Crippen LogP contribution is 2.49. The molecular weight excluding hydrogens is 295 g/mol. The first-order chi connectivity index (χ1) is 7.65. The fourth-order valence-corrected chi connectivity index (χ4v) is 1.81. The number of rotatable bonds is 5. The largest absolute Gasteiger partial charge is 0.389 e. The van der Waals surface area contributed by atoms with Crippen LogP contribution >= 0.6 is 0 Å². The summed E-state index contributed by atoms with van der Waals surface area (Å²) >= 11 is 0. The minimum atomic E-state index is -5.79. The van der Waals surface area contributed by atoms with E-state index in [2.05, 4.69) is 0 Å². The van der Waals surface area contributed by atoms with Crippen LogP contribution in [0.15, 0.2) is 0 Å². The maximum absolute atomic E-state index is 13.0. The molecular formula is C8H10F9Si. The summed E-state index contributed by atoms with van der Waals surface area (Å²) in [6, 6.07) is 0. The van der Waals surface area contributed by atoms with E-state index in [0.717, 1.165) is 0 Å². The van der Waals surface area contributed by atoms with Crippen LogP contribution in [0.2, 0.25) is 13.1 Å². The Labute approximate surface area is 98.8 Å². The lowest BCUT2D eigenvalue weighted by molar-refractivity contribution is -0.290. The first-order valence-electron chi connectivity index (χ1n) is 4.66. The van der Waals surface area contributed by atoms with Crippen molar-refractivity contribution in [3.05, 3.63) is 0 Å². The van der Waals surface area contributed by atoms with Gasteiger partial charge in [0.15, 0.2) is 0 Å². The minimum absolute atomic E-state index is 0.679. The Kier molecular flexibility index (Phi) is 4.82. The summed E-state index contributed by atoms with van der Waals surface area (Å²) in [5.41, 5.74) is -4.99. The van der Waals surface area contributed by atoms with E-state index in [0.29, 0.717) is 13.1 Å². The van der Waals surface area contributed by atoms with Gasteiger partial charge in [-0.15, -0.1) is 0 Å². The summed E-state index contributed by atoms with van der Waals surface area (Å²) in [7, 11) is -3.15. The predicted octanol–water partition coefficient (Wildman–Crippen LogP) is 4.53. The molecule has 0 aliphatic heterocycles. The summed E-state index contributed by atoms with van der Waals surface area (Å²) in [5.74, 6) is -11.2. The SMILES string of the molecule is C[Si](C)C(F)(F)C(F)(F)C(F)(F)CCC(F)(F)F. The zero-order valence-electron chi connectivity index (χ0n) is 9.32. The molecule has 0 aliphatic carbocycles. The quantitative estimate of drug-likeness (QED) is 0.517. The second kappa shape index (κ2) is 4.93. The van der Waals surface area contributed by atoms with Crippen LogP contribution in [0, 0.1) is 0 Å². The van der Waals surface area contributed by atoms with Gasteiger partial charge in [-0.3, -0.25) is 0 Å². The highest BCUT2D eigenvalue weighted by atomic mass is 28.3. The van der Waals surface area contributed by atoms with E-state index in [4.69, 9.17) is 0 Å². The lowest BCUT2D eigenvalue weighted by Crippen LogP contribution is -2.59. The predicted molar refractivity (Wildman–Crippen MR) is 47.6 cm³/mol. The molecule has 0 rings (SSSR count). The number of halogens is 9. The monoisotopic (exact) mass is 305 g/mol. The summed E-state index contributed by atoms with van der Waals surface area (Å²) in [6.07, 6.45) is -9.73. The van der Waals surface area contributed by atoms with Crippen LogP contribution in [0.25, 0.3) is 0 Å². The Morgan fingerprint density at radius 3 is 1.39 bits per heavy atom. The van der Waals surface area contributed by atoms with Crippen LogP contribution in [0.5, 0.6) is 0 Å². The summed E-state index contributed by atoms with van der Waals surface area (Å²) in [6.45, 7) is 1.36. The van der Waals surface area contributed by atoms with E-state index in [1.807, 2.05) is 0 Å². The van der Waals surface area contributed by atoms with Crippen molar-refractivity contribution in [3.63, 3.8) is 0 Å². The van der Waals surface area contributed by atoms with Gasteiger partial charge in [-0.05, 0) is 0 Å². The molecule has 0 aromatic heterocycles. The Morgan fingerprint density at radius 1 is 0.722 bits per heavy atom. The lowest BCUT2D eigenvalue weighted by atomic mass is 10.1. The van der Waals surface area contributed by atoms with Gasteiger partial charge in [0, 0.05) is 12.8 Å². The second-order valence-corrected chi connectivity index (χ2v) is 6.60. The van der Waals surface area contributed by atoms with Crippen LogP contribution in [0.1, 0.15) is 12.8 Å². The van der Waals surface area contributed by atoms with Crippen molar-refractivity contribution in [3.8, 4) is 0 Å². The zero-order valence-corrected chi connectivity index (χ0v) is 10.3. The molecule has 0 aromatic rings. The average molecular weight is 305 g/mol. The molecule has 1 radical (unpaired) electrons. The molecule has 0 aliphatic rings. The van der Waals surface area contributed by atoms with Gasteiger partial charge in [-0.1, -0.05) is 13.1 Å². The third-order valence-electron chi connectivity index (χ3n) is 2.20. The maximum atomic E-state index is 13.0. The Bertz CT molecular complexity index is 281. The summed E-state index contributed by atoms with van der Waals surface area (Å²) in [4.78, 5) is 0. The fraction of sp³-hybridized carbons (Fsp3) is 1.00. The summed E-state index contributed by atoms with van der Waals surface area (Å²) < 4.78 is 113. The Morgan fingerprint density at radius 2 is 1.11 bits per heavy atom. The number of hydrogen-bond acceptors (Lipinski definition) is 0. The molecule has 0 bridgehead atoms. The van der Waals surface area contributed by atoms with E-state index in [1.165, 1.54) is 0 Å². The van der Waals surface area contributed by atoms with Crippen molar-refractivity contribution in [2.24, 2.45) is 0 Å². The molecule has 0 N–H and O–H groups in total. The van der Waals surface area contributed by atoms with Crippen molar-refractivity contribution in [2.45, 2.75) is 49.5 Å². The maximum Gasteiger partial charge on any atom is 0.389 e. The molecule has 109 valence electrons. The van der Waals surface area contributed by atoms with Crippen molar-refractivity contribution >= 4 is 8.80 Å². The van der Waals surface area contributed by atoms with Gasteiger partial charge in [0.1, 0.15) is 8.80 Å². The normalized spacial score (nSPS) is 15.3. The second-order valence-electron chi connectivity index (χ2n) is 3.97. The standard InChI is InChI=1S/C8H10F9Si/c1-18(2)8(16,17)7(14,15)5(9,10)3-4-6(11,12)13/h3-4H2,1-2H3. The molecule has 0 heterocycles. The van der Waals surface area contributed by atoms with Crippen LogP contribution in [-0.2, 0) is 0 Å². The zero-order chi connectivity index (χ0) is 15.0. The van der Waals surface area contributed by atoms with Crippen LogP contribution < -0.4 is 0 Å². The van der Waals surface area contributed by atoms with E-state index in [9.17, 15) is 39.5 Å². The Balaban J connectivity index is 5.08. The van der Waals surface area contributed by atoms with Crippen molar-refractivity contribution in [1.29, 1.82) is 0 Å². The molecule has 0 saturated carbocycles. The van der Waals surface area contributed by atoms with E-state index >= 15 is 0 Å². The molecule has 0 nitrogen and oxygen atoms in total. The van der Waals surface area contributed by atoms with Gasteiger partial charge in [-0.2, -0.15) is 30.7 Å². The third kappa shape index (κ3) is 3.54. The van der Waals surface area contributed by atoms with Gasteiger partial charge < -0.3 is 0 Å². The average Bonchev–Trinajstić information content (AvgIpc) is 2.13. The van der Waals surface area contributed by atoms with Crippen molar-refractivity contribution in [2.75, 3.05) is 0 Å². The van der Waals surface area contributed by atoms with Gasteiger partial charge >= 0.3 is 18.0 Å². The van der Waals surface area contributed by atoms with E-state index < -0.39 is 45.2 Å². The molecule has 0 atom stereocenters. The molecule has 0 spiro atoms. The highest BCUT2D eigenvalue weighted by molar-refractivity contribution is 6.58. The minimum Gasteiger partial charge on any atom is -0.205 e. The molecule has 0 saturated heterocycles. The molecule has 0 unspecified atom stereocenters. The molecule has 0 fully saturated rings. The van der Waals surface area contributed by atoms with Gasteiger partial charge in [0.2, 0.25) is 0 Å². The third-order valence-corrected chi connectivity index (χ3v) is 3.77. The number of hydrogen-bond donors (Lipinski definition) is 0. The molecule has 10 heteroatoms. The Hall–Kier alpha value is -0.413. The smallest absolute Gasteiger partial charge is 0.205 e. The van der Waals surface area contributed by atoms with E-state index in [-0.39, 0.29) is 0 Å². The summed E-state index contributed by atoms with van der Waals surface area (Å²) in [5, 5.41) is 0. The van der Waals surface area contributed by atoms with Crippen LogP contribution in [0.3, 0.4) is 0 Å². The lowest BCUT2D eigenvalue weighted by Gasteiger charge is -2.34. The van der Waals surface area contributed by atoms with E-state index in [1.54, 1.807) is 0 Å². The number of alkyl halides is 9. The van der Waals surface area contributed by atoms with Gasteiger partial charge in [-0.25, -0.2) is 8.78 Å². The van der Waals surface area contributed by atoms with Gasteiger partial charge in [0.25, 0.3) is 5.55 Å². The fourth-order valence-electron chi connectivity index (χ4n) is 0.999. The highest BCUT2D eigenvalue weighted by Gasteiger charge is 2.72.